The van der Waals surface area contributed by atoms with Crippen molar-refractivity contribution >= 4 is 0 Å². The lowest BCUT2D eigenvalue weighted by Gasteiger charge is -2.16. The fourth-order valence-electron chi connectivity index (χ4n) is 3.70. The molecule has 2 heteroatoms. The second kappa shape index (κ2) is 9.39. The van der Waals surface area contributed by atoms with E-state index in [9.17, 15) is 0 Å². The second-order valence-corrected chi connectivity index (χ2v) is 7.22. The van der Waals surface area contributed by atoms with Gasteiger partial charge in [-0.1, -0.05) is 36.3 Å². The van der Waals surface area contributed by atoms with E-state index >= 15 is 0 Å². The number of rotatable bonds is 2. The molecular formula is C28H20N2. The van der Waals surface area contributed by atoms with Crippen LogP contribution in [0.1, 0.15) is 46.5 Å². The van der Waals surface area contributed by atoms with Crippen LogP contribution in [0.2, 0.25) is 0 Å². The Morgan fingerprint density at radius 3 is 2.23 bits per heavy atom. The van der Waals surface area contributed by atoms with Gasteiger partial charge in [0.25, 0.3) is 0 Å². The molecule has 0 saturated heterocycles. The maximum atomic E-state index is 8.83. The van der Waals surface area contributed by atoms with Crippen molar-refractivity contribution in [2.75, 3.05) is 0 Å². The average Bonchev–Trinajstić information content (AvgIpc) is 3.14. The zero-order valence-corrected chi connectivity index (χ0v) is 16.7. The van der Waals surface area contributed by atoms with Gasteiger partial charge in [-0.15, -0.1) is 0 Å². The molecule has 0 radical (unpaired) electrons. The molecule has 0 saturated carbocycles. The Hall–Kier alpha value is -4.11. The van der Waals surface area contributed by atoms with Crippen molar-refractivity contribution in [3.05, 3.63) is 94.3 Å². The molecule has 0 atom stereocenters. The second-order valence-electron chi connectivity index (χ2n) is 7.22. The van der Waals surface area contributed by atoms with Crippen LogP contribution in [0.3, 0.4) is 0 Å². The average molecular weight is 384 g/mol. The Labute approximate surface area is 178 Å². The fourth-order valence-corrected chi connectivity index (χ4v) is 3.70. The summed E-state index contributed by atoms with van der Waals surface area (Å²) < 4.78 is 2.35. The number of aryl methyl sites for hydroxylation is 1. The summed E-state index contributed by atoms with van der Waals surface area (Å²) in [7, 11) is 0. The molecule has 2 aromatic carbocycles. The van der Waals surface area contributed by atoms with Crippen LogP contribution in [0.4, 0.5) is 0 Å². The Morgan fingerprint density at radius 2 is 1.47 bits per heavy atom. The summed E-state index contributed by atoms with van der Waals surface area (Å²) in [5.41, 5.74) is 6.61. The molecule has 1 heterocycles. The third-order valence-corrected chi connectivity index (χ3v) is 5.19. The fraction of sp³-hybridized carbons (Fsp3) is 0.179. The molecule has 0 spiro atoms. The van der Waals surface area contributed by atoms with Crippen LogP contribution in [0.15, 0.2) is 60.7 Å². The molecule has 0 amide bonds. The predicted octanol–water partition coefficient (Wildman–Crippen LogP) is 4.69. The molecule has 2 nitrogen and oxygen atoms in total. The van der Waals surface area contributed by atoms with Crippen LogP contribution in [0.25, 0.3) is 0 Å². The van der Waals surface area contributed by atoms with Gasteiger partial charge in [0, 0.05) is 17.8 Å². The van der Waals surface area contributed by atoms with Gasteiger partial charge in [-0.05, 0) is 96.7 Å². The first kappa shape index (κ1) is 19.2. The Kier molecular flexibility index (Phi) is 6.02. The molecule has 0 aliphatic heterocycles. The van der Waals surface area contributed by atoms with Gasteiger partial charge in [0.1, 0.15) is 0 Å². The lowest BCUT2D eigenvalue weighted by Crippen LogP contribution is -2.10. The van der Waals surface area contributed by atoms with Crippen LogP contribution in [-0.2, 0) is 19.4 Å². The molecule has 30 heavy (non-hydrogen) atoms. The van der Waals surface area contributed by atoms with Crippen molar-refractivity contribution in [3.63, 3.8) is 0 Å². The Balaban J connectivity index is 1.54. The molecule has 0 fully saturated rings. The number of nitriles is 1. The summed E-state index contributed by atoms with van der Waals surface area (Å²) in [6, 6.07) is 22.0. The first-order valence-corrected chi connectivity index (χ1v) is 10.1. The molecule has 0 N–H and O–H groups in total. The molecule has 4 rings (SSSR count). The maximum Gasteiger partial charge on any atom is 0.0991 e. The van der Waals surface area contributed by atoms with Gasteiger partial charge in [0.05, 0.1) is 17.3 Å². The summed E-state index contributed by atoms with van der Waals surface area (Å²) in [5.74, 6) is 17.7. The Morgan fingerprint density at radius 1 is 0.767 bits per heavy atom. The third-order valence-electron chi connectivity index (χ3n) is 5.19. The highest BCUT2D eigenvalue weighted by molar-refractivity contribution is 5.47. The molecule has 1 aromatic heterocycles. The van der Waals surface area contributed by atoms with Crippen molar-refractivity contribution in [1.29, 1.82) is 5.26 Å². The SMILES string of the molecule is N#Cc1ccc(C#CC#CC#Cc2cc3c(n2Cc2ccccc2)CCCC3)cc1. The first-order chi connectivity index (χ1) is 14.8. The van der Waals surface area contributed by atoms with Gasteiger partial charge in [-0.3, -0.25) is 0 Å². The largest absolute Gasteiger partial charge is 0.334 e. The van der Waals surface area contributed by atoms with Crippen molar-refractivity contribution in [2.24, 2.45) is 0 Å². The number of hydrogen-bond donors (Lipinski definition) is 0. The van der Waals surface area contributed by atoms with E-state index in [-0.39, 0.29) is 0 Å². The molecule has 0 unspecified atom stereocenters. The maximum absolute atomic E-state index is 8.83. The van der Waals surface area contributed by atoms with E-state index in [1.54, 1.807) is 12.1 Å². The summed E-state index contributed by atoms with van der Waals surface area (Å²) in [6.07, 6.45) is 4.74. The van der Waals surface area contributed by atoms with E-state index in [1.165, 1.54) is 29.7 Å². The number of aromatic nitrogens is 1. The van der Waals surface area contributed by atoms with Crippen molar-refractivity contribution in [3.8, 4) is 41.6 Å². The van der Waals surface area contributed by atoms with Crippen LogP contribution in [0, 0.1) is 46.9 Å². The van der Waals surface area contributed by atoms with Crippen molar-refractivity contribution in [1.82, 2.24) is 4.57 Å². The van der Waals surface area contributed by atoms with E-state index in [4.69, 9.17) is 5.26 Å². The predicted molar refractivity (Wildman–Crippen MR) is 119 cm³/mol. The lowest BCUT2D eigenvalue weighted by atomic mass is 9.98. The van der Waals surface area contributed by atoms with Crippen LogP contribution in [-0.4, -0.2) is 4.57 Å². The third kappa shape index (κ3) is 4.65. The van der Waals surface area contributed by atoms with Gasteiger partial charge in [-0.2, -0.15) is 5.26 Å². The van der Waals surface area contributed by atoms with Gasteiger partial charge >= 0.3 is 0 Å². The van der Waals surface area contributed by atoms with Crippen LogP contribution < -0.4 is 0 Å². The van der Waals surface area contributed by atoms with Gasteiger partial charge < -0.3 is 4.57 Å². The summed E-state index contributed by atoms with van der Waals surface area (Å²) in [4.78, 5) is 0. The van der Waals surface area contributed by atoms with Gasteiger partial charge in [-0.25, -0.2) is 0 Å². The molecule has 0 bridgehead atoms. The highest BCUT2D eigenvalue weighted by atomic mass is 15.0. The van der Waals surface area contributed by atoms with Gasteiger partial charge in [0.2, 0.25) is 0 Å². The van der Waals surface area contributed by atoms with Crippen LogP contribution >= 0.6 is 0 Å². The summed E-state index contributed by atoms with van der Waals surface area (Å²) >= 11 is 0. The topological polar surface area (TPSA) is 28.7 Å². The molecular weight excluding hydrogens is 364 g/mol. The number of nitrogens with zero attached hydrogens (tertiary/aromatic N) is 2. The zero-order valence-electron chi connectivity index (χ0n) is 16.7. The number of fused-ring (bicyclic) bond motifs is 1. The van der Waals surface area contributed by atoms with E-state index < -0.39 is 0 Å². The monoisotopic (exact) mass is 384 g/mol. The number of hydrogen-bond acceptors (Lipinski definition) is 1. The minimum atomic E-state index is 0.624. The van der Waals surface area contributed by atoms with Gasteiger partial charge in [0.15, 0.2) is 0 Å². The smallest absolute Gasteiger partial charge is 0.0991 e. The lowest BCUT2D eigenvalue weighted by molar-refractivity contribution is 0.629. The van der Waals surface area contributed by atoms with E-state index in [0.29, 0.717) is 5.56 Å². The van der Waals surface area contributed by atoms with Crippen molar-refractivity contribution in [2.45, 2.75) is 32.2 Å². The molecule has 1 aliphatic rings. The van der Waals surface area contributed by atoms with Crippen LogP contribution in [0.5, 0.6) is 0 Å². The van der Waals surface area contributed by atoms with E-state index in [0.717, 1.165) is 30.6 Å². The quantitative estimate of drug-likeness (QED) is 0.589. The zero-order chi connectivity index (χ0) is 20.6. The summed E-state index contributed by atoms with van der Waals surface area (Å²) in [5, 5.41) is 8.83. The van der Waals surface area contributed by atoms with E-state index in [1.807, 2.05) is 18.2 Å². The summed E-state index contributed by atoms with van der Waals surface area (Å²) in [6.45, 7) is 0.839. The molecule has 1 aliphatic carbocycles. The van der Waals surface area contributed by atoms with E-state index in [2.05, 4.69) is 76.5 Å². The Bertz CT molecular complexity index is 1270. The normalized spacial score (nSPS) is 11.4. The highest BCUT2D eigenvalue weighted by Gasteiger charge is 2.17. The highest BCUT2D eigenvalue weighted by Crippen LogP contribution is 2.25. The minimum absolute atomic E-state index is 0.624. The standard InChI is InChI=1S/C28H20N2/c29-21-24-18-16-23(17-19-24)10-4-1-2-7-14-27-20-26-13-8-9-15-28(26)30(27)22-25-11-5-3-6-12-25/h3,5-6,11-12,16-20H,8-9,13,15,22H2. The molecule has 142 valence electrons. The molecule has 3 aromatic rings. The first-order valence-electron chi connectivity index (χ1n) is 10.1. The minimum Gasteiger partial charge on any atom is -0.334 e. The number of benzene rings is 2. The van der Waals surface area contributed by atoms with Crippen molar-refractivity contribution < 1.29 is 0 Å².